The van der Waals surface area contributed by atoms with E-state index in [4.69, 9.17) is 15.9 Å². The van der Waals surface area contributed by atoms with Gasteiger partial charge in [-0.05, 0) is 17.8 Å². The molecule has 0 bridgehead atoms. The fourth-order valence-corrected chi connectivity index (χ4v) is 2.67. The van der Waals surface area contributed by atoms with Gasteiger partial charge < -0.3 is 31.9 Å². The summed E-state index contributed by atoms with van der Waals surface area (Å²) in [6.07, 6.45) is -0.327. The van der Waals surface area contributed by atoms with E-state index in [1.54, 1.807) is 41.5 Å². The summed E-state index contributed by atoms with van der Waals surface area (Å²) in [5.41, 5.74) is 5.84. The lowest BCUT2D eigenvalue weighted by Gasteiger charge is -2.29. The maximum atomic E-state index is 12.9. The lowest BCUT2D eigenvalue weighted by Crippen LogP contribution is -2.60. The molecule has 7 N–H and O–H groups in total. The van der Waals surface area contributed by atoms with Gasteiger partial charge in [0.1, 0.15) is 18.1 Å². The SMILES string of the molecule is CC[C@H](C)[C@H](NC(=O)[C@@H](NC(=O)[C@@H](N)C(C)C)C(C)C)C(=O)N[C@@H](CC(=O)O)C(=O)O. The normalized spacial score (nSPS) is 16.0. The number of hydrogen-bond acceptors (Lipinski definition) is 6. The number of nitrogens with one attached hydrogen (secondary N) is 3. The molecule has 0 spiro atoms. The third-order valence-corrected chi connectivity index (χ3v) is 5.05. The summed E-state index contributed by atoms with van der Waals surface area (Å²) in [4.78, 5) is 60.0. The highest BCUT2D eigenvalue weighted by Gasteiger charge is 2.34. The third-order valence-electron chi connectivity index (χ3n) is 5.05. The molecule has 0 aliphatic carbocycles. The van der Waals surface area contributed by atoms with Crippen LogP contribution in [0.3, 0.4) is 0 Å². The van der Waals surface area contributed by atoms with Gasteiger partial charge in [0.15, 0.2) is 0 Å². The highest BCUT2D eigenvalue weighted by Crippen LogP contribution is 2.11. The van der Waals surface area contributed by atoms with Crippen molar-refractivity contribution in [2.45, 2.75) is 78.6 Å². The molecule has 3 amide bonds. The topological polar surface area (TPSA) is 188 Å². The molecular formula is C20H36N4O7. The lowest BCUT2D eigenvalue weighted by atomic mass is 9.95. The van der Waals surface area contributed by atoms with Crippen molar-refractivity contribution in [1.29, 1.82) is 0 Å². The lowest BCUT2D eigenvalue weighted by molar-refractivity contribution is -0.147. The second kappa shape index (κ2) is 12.9. The Morgan fingerprint density at radius 3 is 1.65 bits per heavy atom. The standard InChI is InChI=1S/C20H36N4O7/c1-7-11(6)16(19(29)22-12(20(30)31)8-13(25)26)24-18(28)15(10(4)5)23-17(27)14(21)9(2)3/h9-12,14-16H,7-8,21H2,1-6H3,(H,22,29)(H,23,27)(H,24,28)(H,25,26)(H,30,31)/t11-,12-,14-,15-,16-/m0/s1. The van der Waals surface area contributed by atoms with Crippen molar-refractivity contribution in [3.05, 3.63) is 0 Å². The Labute approximate surface area is 182 Å². The van der Waals surface area contributed by atoms with Crippen LogP contribution in [0.4, 0.5) is 0 Å². The van der Waals surface area contributed by atoms with Gasteiger partial charge in [-0.2, -0.15) is 0 Å². The first-order chi connectivity index (χ1) is 14.2. The number of carbonyl (C=O) groups excluding carboxylic acids is 3. The zero-order valence-electron chi connectivity index (χ0n) is 19.0. The molecule has 0 aliphatic heterocycles. The first kappa shape index (κ1) is 28.3. The number of hydrogen-bond donors (Lipinski definition) is 6. The highest BCUT2D eigenvalue weighted by molar-refractivity contribution is 5.94. The molecule has 0 aliphatic rings. The van der Waals surface area contributed by atoms with E-state index in [1.165, 1.54) is 0 Å². The monoisotopic (exact) mass is 444 g/mol. The number of aliphatic carboxylic acids is 2. The van der Waals surface area contributed by atoms with Gasteiger partial charge in [-0.1, -0.05) is 48.0 Å². The van der Waals surface area contributed by atoms with Crippen LogP contribution in [0.15, 0.2) is 0 Å². The van der Waals surface area contributed by atoms with Crippen LogP contribution in [0.5, 0.6) is 0 Å². The predicted octanol–water partition coefficient (Wildman–Crippen LogP) is -0.314. The van der Waals surface area contributed by atoms with Gasteiger partial charge in [-0.3, -0.25) is 19.2 Å². The Morgan fingerprint density at radius 1 is 0.774 bits per heavy atom. The molecule has 178 valence electrons. The molecule has 5 atom stereocenters. The molecule has 0 aromatic heterocycles. The van der Waals surface area contributed by atoms with Crippen LogP contribution < -0.4 is 21.7 Å². The molecule has 0 aromatic carbocycles. The van der Waals surface area contributed by atoms with Crippen molar-refractivity contribution in [2.75, 3.05) is 0 Å². The first-order valence-electron chi connectivity index (χ1n) is 10.3. The van der Waals surface area contributed by atoms with Crippen LogP contribution >= 0.6 is 0 Å². The minimum atomic E-state index is -1.64. The van der Waals surface area contributed by atoms with E-state index in [0.717, 1.165) is 0 Å². The summed E-state index contributed by atoms with van der Waals surface area (Å²) in [7, 11) is 0. The van der Waals surface area contributed by atoms with E-state index in [-0.39, 0.29) is 17.8 Å². The van der Waals surface area contributed by atoms with Gasteiger partial charge in [-0.25, -0.2) is 4.79 Å². The molecule has 0 saturated carbocycles. The molecule has 11 heteroatoms. The second-order valence-electron chi connectivity index (χ2n) is 8.37. The smallest absolute Gasteiger partial charge is 0.326 e. The number of carboxylic acids is 2. The van der Waals surface area contributed by atoms with E-state index in [2.05, 4.69) is 16.0 Å². The summed E-state index contributed by atoms with van der Waals surface area (Å²) in [5.74, 6) is -5.67. The molecule has 0 radical (unpaired) electrons. The molecule has 0 fully saturated rings. The highest BCUT2D eigenvalue weighted by atomic mass is 16.4. The molecule has 31 heavy (non-hydrogen) atoms. The number of amides is 3. The Kier molecular flexibility index (Phi) is 11.8. The largest absolute Gasteiger partial charge is 0.481 e. The number of carboxylic acid groups (broad SMARTS) is 2. The summed E-state index contributed by atoms with van der Waals surface area (Å²) >= 11 is 0. The van der Waals surface area contributed by atoms with Crippen molar-refractivity contribution >= 4 is 29.7 Å². The van der Waals surface area contributed by atoms with Crippen LogP contribution in [0.2, 0.25) is 0 Å². The average Bonchev–Trinajstić information content (AvgIpc) is 2.66. The van der Waals surface area contributed by atoms with Gasteiger partial charge in [0, 0.05) is 0 Å². The van der Waals surface area contributed by atoms with Crippen LogP contribution in [-0.4, -0.2) is 64.0 Å². The molecule has 0 rings (SSSR count). The quantitative estimate of drug-likeness (QED) is 0.223. The van der Waals surface area contributed by atoms with Gasteiger partial charge in [0.05, 0.1) is 12.5 Å². The van der Waals surface area contributed by atoms with Gasteiger partial charge in [-0.15, -0.1) is 0 Å². The van der Waals surface area contributed by atoms with Gasteiger partial charge >= 0.3 is 11.9 Å². The van der Waals surface area contributed by atoms with Crippen LogP contribution in [0.1, 0.15) is 54.4 Å². The average molecular weight is 445 g/mol. The molecule has 0 unspecified atom stereocenters. The van der Waals surface area contributed by atoms with Gasteiger partial charge in [0.25, 0.3) is 0 Å². The number of carbonyl (C=O) groups is 5. The van der Waals surface area contributed by atoms with E-state index in [1.807, 2.05) is 0 Å². The van der Waals surface area contributed by atoms with Crippen LogP contribution in [-0.2, 0) is 24.0 Å². The Hall–Kier alpha value is -2.69. The Balaban J connectivity index is 5.53. The fraction of sp³-hybridized carbons (Fsp3) is 0.750. The number of nitrogens with two attached hydrogens (primary N) is 1. The molecule has 0 aromatic rings. The Morgan fingerprint density at radius 2 is 1.26 bits per heavy atom. The van der Waals surface area contributed by atoms with Crippen LogP contribution in [0, 0.1) is 17.8 Å². The van der Waals surface area contributed by atoms with E-state index in [0.29, 0.717) is 6.42 Å². The minimum Gasteiger partial charge on any atom is -0.481 e. The van der Waals surface area contributed by atoms with Crippen molar-refractivity contribution in [3.63, 3.8) is 0 Å². The zero-order chi connectivity index (χ0) is 24.5. The summed E-state index contributed by atoms with van der Waals surface area (Å²) < 4.78 is 0. The van der Waals surface area contributed by atoms with Crippen molar-refractivity contribution < 1.29 is 34.2 Å². The molecule has 0 heterocycles. The third kappa shape index (κ3) is 9.33. The molecule has 11 nitrogen and oxygen atoms in total. The maximum Gasteiger partial charge on any atom is 0.326 e. The van der Waals surface area contributed by atoms with Crippen molar-refractivity contribution in [3.8, 4) is 0 Å². The predicted molar refractivity (Wildman–Crippen MR) is 113 cm³/mol. The maximum absolute atomic E-state index is 12.9. The van der Waals surface area contributed by atoms with Crippen molar-refractivity contribution in [2.24, 2.45) is 23.5 Å². The van der Waals surface area contributed by atoms with E-state index in [9.17, 15) is 24.0 Å². The summed E-state index contributed by atoms with van der Waals surface area (Å²) in [6, 6.07) is -4.54. The van der Waals surface area contributed by atoms with Crippen molar-refractivity contribution in [1.82, 2.24) is 16.0 Å². The summed E-state index contributed by atoms with van der Waals surface area (Å²) in [6.45, 7) is 10.5. The molecule has 0 saturated heterocycles. The first-order valence-corrected chi connectivity index (χ1v) is 10.3. The van der Waals surface area contributed by atoms with E-state index < -0.39 is 60.2 Å². The van der Waals surface area contributed by atoms with Crippen LogP contribution in [0.25, 0.3) is 0 Å². The second-order valence-corrected chi connectivity index (χ2v) is 8.37. The number of rotatable bonds is 13. The van der Waals surface area contributed by atoms with E-state index >= 15 is 0 Å². The Bertz CT molecular complexity index is 666. The van der Waals surface area contributed by atoms with Gasteiger partial charge in [0.2, 0.25) is 17.7 Å². The minimum absolute atomic E-state index is 0.142. The molecular weight excluding hydrogens is 408 g/mol. The summed E-state index contributed by atoms with van der Waals surface area (Å²) in [5, 5.41) is 25.4. The zero-order valence-corrected chi connectivity index (χ0v) is 19.0. The fourth-order valence-electron chi connectivity index (χ4n) is 2.67.